The summed E-state index contributed by atoms with van der Waals surface area (Å²) in [7, 11) is 0. The average Bonchev–Trinajstić information content (AvgIpc) is 2.51. The summed E-state index contributed by atoms with van der Waals surface area (Å²) >= 11 is 12.0. The second-order valence-corrected chi connectivity index (χ2v) is 5.74. The molecule has 1 aliphatic carbocycles. The SMILES string of the molecule is O=C=C1CC(c2ccc(Cl)c(Cl)c2)c2ccccc2C1=O. The second kappa shape index (κ2) is 5.50. The Kier molecular flexibility index (Phi) is 3.69. The standard InChI is InChI=1S/C17H10Cl2O2/c18-15-6-5-10(8-16(15)19)14-7-11(9-20)17(21)13-4-2-1-3-12(13)14/h1-6,8,14H,7H2. The van der Waals surface area contributed by atoms with E-state index < -0.39 is 0 Å². The molecule has 0 aliphatic heterocycles. The fourth-order valence-electron chi connectivity index (χ4n) is 2.69. The molecule has 0 radical (unpaired) electrons. The molecule has 21 heavy (non-hydrogen) atoms. The number of hydrogen-bond acceptors (Lipinski definition) is 2. The minimum Gasteiger partial charge on any atom is -0.288 e. The van der Waals surface area contributed by atoms with Crippen LogP contribution in [0.15, 0.2) is 48.0 Å². The third-order valence-corrected chi connectivity index (χ3v) is 4.47. The fraction of sp³-hybridized carbons (Fsp3) is 0.118. The highest BCUT2D eigenvalue weighted by atomic mass is 35.5. The summed E-state index contributed by atoms with van der Waals surface area (Å²) in [5, 5.41) is 0.937. The Bertz CT molecular complexity index is 789. The van der Waals surface area contributed by atoms with Crippen LogP contribution < -0.4 is 0 Å². The lowest BCUT2D eigenvalue weighted by Gasteiger charge is -2.25. The molecule has 3 rings (SSSR count). The molecule has 0 heterocycles. The van der Waals surface area contributed by atoms with Crippen molar-refractivity contribution in [2.75, 3.05) is 0 Å². The molecule has 0 spiro atoms. The van der Waals surface area contributed by atoms with E-state index in [9.17, 15) is 9.59 Å². The van der Waals surface area contributed by atoms with Gasteiger partial charge in [0, 0.05) is 11.5 Å². The van der Waals surface area contributed by atoms with Crippen molar-refractivity contribution >= 4 is 34.9 Å². The van der Waals surface area contributed by atoms with Gasteiger partial charge in [0.1, 0.15) is 5.94 Å². The second-order valence-electron chi connectivity index (χ2n) is 4.93. The largest absolute Gasteiger partial charge is 0.288 e. The number of ketones is 1. The van der Waals surface area contributed by atoms with Gasteiger partial charge in [0.15, 0.2) is 5.78 Å². The first kappa shape index (κ1) is 14.1. The molecule has 4 heteroatoms. The van der Waals surface area contributed by atoms with Crippen LogP contribution in [0.1, 0.15) is 33.8 Å². The molecule has 0 bridgehead atoms. The van der Waals surface area contributed by atoms with Crippen molar-refractivity contribution in [3.05, 3.63) is 74.8 Å². The van der Waals surface area contributed by atoms with E-state index in [-0.39, 0.29) is 17.3 Å². The Labute approximate surface area is 132 Å². The van der Waals surface area contributed by atoms with E-state index in [1.54, 1.807) is 30.2 Å². The third kappa shape index (κ3) is 2.43. The van der Waals surface area contributed by atoms with Gasteiger partial charge >= 0.3 is 0 Å². The van der Waals surface area contributed by atoms with Gasteiger partial charge in [-0.05, 0) is 29.7 Å². The Balaban J connectivity index is 2.18. The summed E-state index contributed by atoms with van der Waals surface area (Å²) in [4.78, 5) is 23.2. The number of carbonyl (C=O) groups is 1. The molecule has 1 unspecified atom stereocenters. The molecule has 0 N–H and O–H groups in total. The van der Waals surface area contributed by atoms with Crippen LogP contribution in [0.4, 0.5) is 0 Å². The van der Waals surface area contributed by atoms with Crippen LogP contribution >= 0.6 is 23.2 Å². The first-order valence-corrected chi connectivity index (χ1v) is 7.20. The number of Topliss-reactive ketones (excluding diaryl/α,β-unsaturated/α-hetero) is 1. The minimum atomic E-state index is -0.239. The Morgan fingerprint density at radius 2 is 1.81 bits per heavy atom. The van der Waals surface area contributed by atoms with E-state index in [2.05, 4.69) is 0 Å². The molecular weight excluding hydrogens is 307 g/mol. The normalized spacial score (nSPS) is 17.3. The third-order valence-electron chi connectivity index (χ3n) is 3.73. The molecule has 0 fully saturated rings. The van der Waals surface area contributed by atoms with Crippen LogP contribution in [0.2, 0.25) is 10.0 Å². The number of rotatable bonds is 1. The van der Waals surface area contributed by atoms with E-state index in [1.165, 1.54) is 0 Å². The molecule has 104 valence electrons. The van der Waals surface area contributed by atoms with Crippen molar-refractivity contribution in [3.63, 3.8) is 0 Å². The lowest BCUT2D eigenvalue weighted by molar-refractivity contribution is 0.102. The highest BCUT2D eigenvalue weighted by molar-refractivity contribution is 6.42. The van der Waals surface area contributed by atoms with Crippen LogP contribution in [0.3, 0.4) is 0 Å². The Hall–Kier alpha value is -1.86. The molecule has 0 saturated heterocycles. The van der Waals surface area contributed by atoms with Gasteiger partial charge in [-0.2, -0.15) is 0 Å². The van der Waals surface area contributed by atoms with Gasteiger partial charge in [0.05, 0.1) is 15.6 Å². The molecule has 1 atom stereocenters. The zero-order valence-corrected chi connectivity index (χ0v) is 12.4. The van der Waals surface area contributed by atoms with Gasteiger partial charge in [-0.1, -0.05) is 53.5 Å². The summed E-state index contributed by atoms with van der Waals surface area (Å²) in [6.45, 7) is 0. The van der Waals surface area contributed by atoms with Crippen LogP contribution in [0.25, 0.3) is 0 Å². The van der Waals surface area contributed by atoms with Crippen molar-refractivity contribution in [3.8, 4) is 0 Å². The maximum Gasteiger partial charge on any atom is 0.200 e. The molecule has 0 aromatic heterocycles. The minimum absolute atomic E-state index is 0.0925. The summed E-state index contributed by atoms with van der Waals surface area (Å²) in [6.07, 6.45) is 0.331. The first-order chi connectivity index (χ1) is 10.1. The average molecular weight is 317 g/mol. The van der Waals surface area contributed by atoms with Crippen molar-refractivity contribution in [1.29, 1.82) is 0 Å². The van der Waals surface area contributed by atoms with Crippen molar-refractivity contribution in [2.45, 2.75) is 12.3 Å². The van der Waals surface area contributed by atoms with E-state index in [1.807, 2.05) is 18.2 Å². The molecule has 0 saturated carbocycles. The van der Waals surface area contributed by atoms with Crippen LogP contribution in [0, 0.1) is 0 Å². The van der Waals surface area contributed by atoms with Gasteiger partial charge in [0.25, 0.3) is 0 Å². The van der Waals surface area contributed by atoms with Gasteiger partial charge in [-0.25, -0.2) is 4.79 Å². The fourth-order valence-corrected chi connectivity index (χ4v) is 3.00. The number of benzene rings is 2. The summed E-state index contributed by atoms with van der Waals surface area (Å²) < 4.78 is 0. The van der Waals surface area contributed by atoms with Crippen molar-refractivity contribution in [2.24, 2.45) is 0 Å². The predicted molar refractivity (Wildman–Crippen MR) is 82.9 cm³/mol. The Morgan fingerprint density at radius 3 is 2.52 bits per heavy atom. The van der Waals surface area contributed by atoms with E-state index in [4.69, 9.17) is 23.2 Å². The molecular formula is C17H10Cl2O2. The van der Waals surface area contributed by atoms with Crippen LogP contribution in [-0.4, -0.2) is 11.7 Å². The predicted octanol–water partition coefficient (Wildman–Crippen LogP) is 4.47. The summed E-state index contributed by atoms with van der Waals surface area (Å²) in [6, 6.07) is 12.7. The monoisotopic (exact) mass is 316 g/mol. The summed E-state index contributed by atoms with van der Waals surface area (Å²) in [5.74, 6) is 1.45. The topological polar surface area (TPSA) is 34.1 Å². The molecule has 1 aliphatic rings. The highest BCUT2D eigenvalue weighted by Gasteiger charge is 2.31. The number of allylic oxidation sites excluding steroid dienone is 1. The van der Waals surface area contributed by atoms with Gasteiger partial charge in [-0.3, -0.25) is 4.79 Å². The number of carbonyl (C=O) groups excluding carboxylic acids is 2. The van der Waals surface area contributed by atoms with Crippen molar-refractivity contribution in [1.82, 2.24) is 0 Å². The number of fused-ring (bicyclic) bond motifs is 1. The molecule has 2 aromatic carbocycles. The van der Waals surface area contributed by atoms with Crippen LogP contribution in [0.5, 0.6) is 0 Å². The molecule has 2 aromatic rings. The first-order valence-electron chi connectivity index (χ1n) is 6.44. The van der Waals surface area contributed by atoms with Gasteiger partial charge < -0.3 is 0 Å². The summed E-state index contributed by atoms with van der Waals surface area (Å²) in [5.41, 5.74) is 2.56. The van der Waals surface area contributed by atoms with E-state index >= 15 is 0 Å². The molecule has 0 amide bonds. The van der Waals surface area contributed by atoms with Gasteiger partial charge in [-0.15, -0.1) is 0 Å². The number of halogens is 2. The van der Waals surface area contributed by atoms with Crippen molar-refractivity contribution < 1.29 is 9.59 Å². The zero-order chi connectivity index (χ0) is 15.0. The maximum atomic E-state index is 12.2. The van der Waals surface area contributed by atoms with Crippen LogP contribution in [-0.2, 0) is 4.79 Å². The molecule has 2 nitrogen and oxygen atoms in total. The smallest absolute Gasteiger partial charge is 0.200 e. The van der Waals surface area contributed by atoms with E-state index in [0.29, 0.717) is 22.0 Å². The number of hydrogen-bond donors (Lipinski definition) is 0. The maximum absolute atomic E-state index is 12.2. The lowest BCUT2D eigenvalue weighted by atomic mass is 9.76. The van der Waals surface area contributed by atoms with E-state index in [0.717, 1.165) is 11.1 Å². The highest BCUT2D eigenvalue weighted by Crippen LogP contribution is 2.39. The Morgan fingerprint density at radius 1 is 1.05 bits per heavy atom. The van der Waals surface area contributed by atoms with Gasteiger partial charge in [0.2, 0.25) is 0 Å². The quantitative estimate of drug-likeness (QED) is 0.574. The lowest BCUT2D eigenvalue weighted by Crippen LogP contribution is -2.19. The zero-order valence-electron chi connectivity index (χ0n) is 10.9.